The van der Waals surface area contributed by atoms with E-state index in [0.717, 1.165) is 17.3 Å². The second-order valence-electron chi connectivity index (χ2n) is 7.34. The number of benzene rings is 2. The van der Waals surface area contributed by atoms with E-state index in [1.807, 2.05) is 0 Å². The van der Waals surface area contributed by atoms with Gasteiger partial charge in [-0.1, -0.05) is 41.6 Å². The van der Waals surface area contributed by atoms with Crippen molar-refractivity contribution in [2.75, 3.05) is 25.3 Å². The minimum atomic E-state index is -1.25. The summed E-state index contributed by atoms with van der Waals surface area (Å²) < 4.78 is 10.0. The smallest absolute Gasteiger partial charge is 0.319 e. The van der Waals surface area contributed by atoms with E-state index in [4.69, 9.17) is 21.1 Å². The number of amides is 2. The van der Waals surface area contributed by atoms with Crippen LogP contribution in [0.5, 0.6) is 5.75 Å². The fourth-order valence-corrected chi connectivity index (χ4v) is 4.58. The fourth-order valence-electron chi connectivity index (χ4n) is 3.56. The molecule has 1 aliphatic rings. The van der Waals surface area contributed by atoms with Gasteiger partial charge in [0.25, 0.3) is 0 Å². The molecule has 0 fully saturated rings. The molecule has 3 rings (SSSR count). The highest BCUT2D eigenvalue weighted by molar-refractivity contribution is 8.03. The monoisotopic (exact) mass is 499 g/mol. The number of nitrogens with zero attached hydrogens (tertiary/aromatic N) is 1. The number of methoxy groups -OCH3 is 2. The van der Waals surface area contributed by atoms with Crippen molar-refractivity contribution in [1.82, 2.24) is 5.32 Å². The van der Waals surface area contributed by atoms with Crippen LogP contribution >= 0.6 is 23.4 Å². The normalized spacial score (nSPS) is 17.4. The SMILES string of the molecule is COC(=O)[C@@H]1C(=O)NC(SCC(=O)Nc2cccc(Cl)c2C)=C(C#N)[C@@H]1c1ccc(OC)cc1. The van der Waals surface area contributed by atoms with E-state index in [1.54, 1.807) is 49.4 Å². The van der Waals surface area contributed by atoms with Gasteiger partial charge in [-0.25, -0.2) is 0 Å². The number of rotatable bonds is 7. The van der Waals surface area contributed by atoms with Gasteiger partial charge in [-0.2, -0.15) is 5.26 Å². The zero-order valence-electron chi connectivity index (χ0n) is 18.7. The zero-order chi connectivity index (χ0) is 24.8. The van der Waals surface area contributed by atoms with Gasteiger partial charge in [0.05, 0.1) is 36.6 Å². The van der Waals surface area contributed by atoms with E-state index in [2.05, 4.69) is 16.7 Å². The molecular weight excluding hydrogens is 478 g/mol. The van der Waals surface area contributed by atoms with E-state index >= 15 is 0 Å². The van der Waals surface area contributed by atoms with E-state index in [-0.39, 0.29) is 22.3 Å². The maximum atomic E-state index is 12.9. The van der Waals surface area contributed by atoms with Crippen LogP contribution in [0, 0.1) is 24.2 Å². The minimum Gasteiger partial charge on any atom is -0.497 e. The van der Waals surface area contributed by atoms with Crippen molar-refractivity contribution < 1.29 is 23.9 Å². The molecule has 0 bridgehead atoms. The number of nitrogens with one attached hydrogen (secondary N) is 2. The molecule has 10 heteroatoms. The summed E-state index contributed by atoms with van der Waals surface area (Å²) in [6.45, 7) is 1.79. The lowest BCUT2D eigenvalue weighted by atomic mass is 9.78. The summed E-state index contributed by atoms with van der Waals surface area (Å²) in [6.07, 6.45) is 0. The molecule has 0 saturated heterocycles. The third-order valence-corrected chi connectivity index (χ3v) is 6.77. The topological polar surface area (TPSA) is 118 Å². The molecule has 0 aliphatic carbocycles. The summed E-state index contributed by atoms with van der Waals surface area (Å²) in [7, 11) is 2.70. The Morgan fingerprint density at radius 3 is 2.53 bits per heavy atom. The van der Waals surface area contributed by atoms with Gasteiger partial charge < -0.3 is 20.1 Å². The third kappa shape index (κ3) is 5.35. The molecule has 2 N–H and O–H groups in total. The van der Waals surface area contributed by atoms with Crippen LogP contribution in [-0.4, -0.2) is 37.8 Å². The van der Waals surface area contributed by atoms with Crippen LogP contribution < -0.4 is 15.4 Å². The van der Waals surface area contributed by atoms with Crippen LogP contribution in [-0.2, 0) is 19.1 Å². The van der Waals surface area contributed by atoms with Crippen LogP contribution in [0.25, 0.3) is 0 Å². The Labute approximate surface area is 206 Å². The number of esters is 1. The highest BCUT2D eigenvalue weighted by atomic mass is 35.5. The van der Waals surface area contributed by atoms with Gasteiger partial charge in [-0.05, 0) is 42.3 Å². The molecule has 0 aromatic heterocycles. The van der Waals surface area contributed by atoms with Crippen molar-refractivity contribution in [1.29, 1.82) is 5.26 Å². The van der Waals surface area contributed by atoms with Gasteiger partial charge in [0, 0.05) is 16.6 Å². The quantitative estimate of drug-likeness (QED) is 0.440. The number of hydrogen-bond donors (Lipinski definition) is 2. The molecule has 34 heavy (non-hydrogen) atoms. The van der Waals surface area contributed by atoms with Crippen LogP contribution in [0.1, 0.15) is 17.0 Å². The summed E-state index contributed by atoms with van der Waals surface area (Å²) in [5, 5.41) is 16.1. The van der Waals surface area contributed by atoms with Crippen molar-refractivity contribution in [3.63, 3.8) is 0 Å². The summed E-state index contributed by atoms with van der Waals surface area (Å²) in [6, 6.07) is 14.0. The Bertz CT molecular complexity index is 1190. The molecule has 1 heterocycles. The van der Waals surface area contributed by atoms with Crippen molar-refractivity contribution in [3.8, 4) is 11.8 Å². The number of thioether (sulfide) groups is 1. The lowest BCUT2D eigenvalue weighted by Gasteiger charge is -2.31. The summed E-state index contributed by atoms with van der Waals surface area (Å²) in [5.74, 6) is -3.33. The number of halogens is 1. The van der Waals surface area contributed by atoms with Gasteiger partial charge in [0.15, 0.2) is 0 Å². The molecule has 0 unspecified atom stereocenters. The molecule has 2 amide bonds. The highest BCUT2D eigenvalue weighted by Crippen LogP contribution is 2.40. The first-order valence-corrected chi connectivity index (χ1v) is 11.5. The molecule has 0 saturated carbocycles. The van der Waals surface area contributed by atoms with Crippen LogP contribution in [0.15, 0.2) is 53.1 Å². The number of anilines is 1. The number of ether oxygens (including phenoxy) is 2. The van der Waals surface area contributed by atoms with Crippen molar-refractivity contribution in [3.05, 3.63) is 69.2 Å². The first-order chi connectivity index (χ1) is 16.3. The average Bonchev–Trinajstić information content (AvgIpc) is 2.84. The van der Waals surface area contributed by atoms with Gasteiger partial charge in [0.1, 0.15) is 11.7 Å². The number of allylic oxidation sites excluding steroid dienone is 1. The molecule has 8 nitrogen and oxygen atoms in total. The summed E-state index contributed by atoms with van der Waals surface area (Å²) >= 11 is 7.10. The maximum absolute atomic E-state index is 12.9. The lowest BCUT2D eigenvalue weighted by molar-refractivity contribution is -0.150. The molecule has 176 valence electrons. The van der Waals surface area contributed by atoms with Crippen molar-refractivity contribution >= 4 is 46.8 Å². The van der Waals surface area contributed by atoms with Gasteiger partial charge in [-0.3, -0.25) is 14.4 Å². The van der Waals surface area contributed by atoms with E-state index in [0.29, 0.717) is 22.0 Å². The Hall–Kier alpha value is -3.48. The van der Waals surface area contributed by atoms with Gasteiger partial charge >= 0.3 is 5.97 Å². The number of nitriles is 1. The van der Waals surface area contributed by atoms with Crippen molar-refractivity contribution in [2.24, 2.45) is 5.92 Å². The largest absolute Gasteiger partial charge is 0.497 e. The second-order valence-corrected chi connectivity index (χ2v) is 8.74. The van der Waals surface area contributed by atoms with Crippen LogP contribution in [0.3, 0.4) is 0 Å². The van der Waals surface area contributed by atoms with E-state index in [1.165, 1.54) is 14.2 Å². The Kier molecular flexibility index (Phi) is 8.21. The number of carbonyl (C=O) groups is 3. The standard InChI is InChI=1S/C24H22ClN3O5S/c1-13-17(25)5-4-6-18(13)27-19(29)12-34-23-16(11-26)20(14-7-9-15(32-2)10-8-14)21(22(30)28-23)24(31)33-3/h4-10,20-21H,12H2,1-3H3,(H,27,29)(H,28,30)/t20-,21-/m0/s1. The Morgan fingerprint density at radius 1 is 1.21 bits per heavy atom. The first-order valence-electron chi connectivity index (χ1n) is 10.1. The fraction of sp³-hybridized carbons (Fsp3) is 0.250. The molecule has 2 aromatic carbocycles. The summed E-state index contributed by atoms with van der Waals surface area (Å²) in [4.78, 5) is 37.9. The molecule has 0 radical (unpaired) electrons. The second kappa shape index (κ2) is 11.1. The van der Waals surface area contributed by atoms with Gasteiger partial charge in [-0.15, -0.1) is 0 Å². The lowest BCUT2D eigenvalue weighted by Crippen LogP contribution is -2.44. The third-order valence-electron chi connectivity index (χ3n) is 5.35. The predicted molar refractivity (Wildman–Crippen MR) is 129 cm³/mol. The number of carbonyl (C=O) groups excluding carboxylic acids is 3. The zero-order valence-corrected chi connectivity index (χ0v) is 20.3. The number of hydrogen-bond acceptors (Lipinski definition) is 7. The van der Waals surface area contributed by atoms with Crippen molar-refractivity contribution in [2.45, 2.75) is 12.8 Å². The summed E-state index contributed by atoms with van der Waals surface area (Å²) in [5.41, 5.74) is 2.03. The van der Waals surface area contributed by atoms with Crippen LogP contribution in [0.4, 0.5) is 5.69 Å². The van der Waals surface area contributed by atoms with Crippen LogP contribution in [0.2, 0.25) is 5.02 Å². The highest BCUT2D eigenvalue weighted by Gasteiger charge is 2.44. The minimum absolute atomic E-state index is 0.0784. The van der Waals surface area contributed by atoms with Gasteiger partial charge in [0.2, 0.25) is 11.8 Å². The maximum Gasteiger partial charge on any atom is 0.319 e. The predicted octanol–water partition coefficient (Wildman–Crippen LogP) is 3.77. The van der Waals surface area contributed by atoms with E-state index in [9.17, 15) is 19.6 Å². The molecule has 2 aromatic rings. The first kappa shape index (κ1) is 25.1. The molecule has 1 aliphatic heterocycles. The van der Waals surface area contributed by atoms with E-state index < -0.39 is 23.7 Å². The molecular formula is C24H22ClN3O5S. The Balaban J connectivity index is 1.90. The Morgan fingerprint density at radius 2 is 1.91 bits per heavy atom. The molecule has 2 atom stereocenters. The average molecular weight is 500 g/mol. The molecule has 0 spiro atoms.